The van der Waals surface area contributed by atoms with Gasteiger partial charge in [-0.15, -0.1) is 0 Å². The number of rotatable bonds is 9. The van der Waals surface area contributed by atoms with Crippen LogP contribution in [0.25, 0.3) is 10.9 Å². The fourth-order valence-electron chi connectivity index (χ4n) is 2.31. The Bertz CT molecular complexity index is 806. The highest BCUT2D eigenvalue weighted by atomic mass is 32.2. The smallest absolute Gasteiger partial charge is 0.303 e. The summed E-state index contributed by atoms with van der Waals surface area (Å²) < 4.78 is 0. The Labute approximate surface area is 149 Å². The summed E-state index contributed by atoms with van der Waals surface area (Å²) in [4.78, 5) is 43.1. The molecule has 134 valence electrons. The molecule has 0 atom stereocenters. The second kappa shape index (κ2) is 9.22. The lowest BCUT2D eigenvalue weighted by atomic mass is 10.2. The van der Waals surface area contributed by atoms with Gasteiger partial charge in [-0.25, -0.2) is 4.98 Å². The highest BCUT2D eigenvalue weighted by Gasteiger charge is 2.09. The van der Waals surface area contributed by atoms with E-state index < -0.39 is 5.97 Å². The summed E-state index contributed by atoms with van der Waals surface area (Å²) in [5.41, 5.74) is 0.506. The first-order chi connectivity index (χ1) is 12.0. The van der Waals surface area contributed by atoms with E-state index in [2.05, 4.69) is 9.97 Å². The van der Waals surface area contributed by atoms with Crippen molar-refractivity contribution in [3.63, 3.8) is 0 Å². The number of hydrogen-bond acceptors (Lipinski definition) is 5. The first-order valence-corrected chi connectivity index (χ1v) is 9.14. The predicted molar refractivity (Wildman–Crippen MR) is 97.6 cm³/mol. The molecular formula is C17H21N3O4S. The Morgan fingerprint density at radius 1 is 1.28 bits per heavy atom. The molecule has 0 saturated heterocycles. The number of benzene rings is 1. The molecule has 2 aromatic rings. The maximum atomic E-state index is 12.0. The lowest BCUT2D eigenvalue weighted by molar-refractivity contribution is -0.138. The molecule has 1 aromatic heterocycles. The number of fused-ring (bicyclic) bond motifs is 1. The van der Waals surface area contributed by atoms with Gasteiger partial charge in [0.2, 0.25) is 5.91 Å². The Kier molecular flexibility index (Phi) is 7.00. The number of aromatic amines is 1. The number of hydrogen-bond donors (Lipinski definition) is 2. The second-order valence-corrected chi connectivity index (χ2v) is 6.75. The molecule has 2 rings (SSSR count). The van der Waals surface area contributed by atoms with E-state index in [9.17, 15) is 14.4 Å². The monoisotopic (exact) mass is 363 g/mol. The van der Waals surface area contributed by atoms with Gasteiger partial charge in [0.25, 0.3) is 5.56 Å². The number of carbonyl (C=O) groups is 2. The molecule has 25 heavy (non-hydrogen) atoms. The number of H-pyrrole nitrogens is 1. The van der Waals surface area contributed by atoms with Crippen molar-refractivity contribution in [3.05, 3.63) is 40.4 Å². The van der Waals surface area contributed by atoms with Crippen molar-refractivity contribution in [2.24, 2.45) is 0 Å². The Morgan fingerprint density at radius 3 is 2.80 bits per heavy atom. The zero-order chi connectivity index (χ0) is 18.2. The van der Waals surface area contributed by atoms with Crippen LogP contribution in [0.1, 0.15) is 25.1 Å². The Hall–Kier alpha value is -2.35. The van der Waals surface area contributed by atoms with Gasteiger partial charge in [0.15, 0.2) is 0 Å². The van der Waals surface area contributed by atoms with Crippen LogP contribution in [0, 0.1) is 0 Å². The van der Waals surface area contributed by atoms with Crippen molar-refractivity contribution < 1.29 is 14.7 Å². The maximum Gasteiger partial charge on any atom is 0.303 e. The topological polar surface area (TPSA) is 103 Å². The number of amides is 1. The summed E-state index contributed by atoms with van der Waals surface area (Å²) in [5, 5.41) is 9.16. The van der Waals surface area contributed by atoms with Crippen LogP contribution in [0.2, 0.25) is 0 Å². The Balaban J connectivity index is 1.76. The van der Waals surface area contributed by atoms with Crippen LogP contribution in [0.15, 0.2) is 29.1 Å². The zero-order valence-corrected chi connectivity index (χ0v) is 14.8. The average Bonchev–Trinajstić information content (AvgIpc) is 2.58. The molecule has 8 heteroatoms. The van der Waals surface area contributed by atoms with Crippen LogP contribution in [-0.2, 0) is 15.3 Å². The zero-order valence-electron chi connectivity index (χ0n) is 14.0. The minimum Gasteiger partial charge on any atom is -0.481 e. The average molecular weight is 363 g/mol. The van der Waals surface area contributed by atoms with Gasteiger partial charge in [0.1, 0.15) is 5.82 Å². The third kappa shape index (κ3) is 5.90. The van der Waals surface area contributed by atoms with E-state index in [1.807, 2.05) is 6.07 Å². The number of thioether (sulfide) groups is 1. The molecule has 0 aliphatic carbocycles. The van der Waals surface area contributed by atoms with Gasteiger partial charge in [-0.1, -0.05) is 12.1 Å². The first-order valence-electron chi connectivity index (χ1n) is 7.99. The maximum absolute atomic E-state index is 12.0. The van der Waals surface area contributed by atoms with Crippen LogP contribution < -0.4 is 5.56 Å². The second-order valence-electron chi connectivity index (χ2n) is 5.64. The molecule has 1 aromatic carbocycles. The van der Waals surface area contributed by atoms with Crippen LogP contribution in [0.3, 0.4) is 0 Å². The van der Waals surface area contributed by atoms with Gasteiger partial charge in [0, 0.05) is 32.2 Å². The third-order valence-corrected chi connectivity index (χ3v) is 4.64. The standard InChI is InChI=1S/C17H21N3O4S/c1-20(9-4-7-16(22)23)15(21)8-10-25-11-14-18-13-6-3-2-5-12(13)17(24)19-14/h2-3,5-6H,4,7-11H2,1H3,(H,22,23)(H,18,19,24). The molecule has 0 bridgehead atoms. The molecule has 0 unspecified atom stereocenters. The van der Waals surface area contributed by atoms with E-state index >= 15 is 0 Å². The molecule has 2 N–H and O–H groups in total. The van der Waals surface area contributed by atoms with E-state index in [1.54, 1.807) is 30.1 Å². The number of para-hydroxylation sites is 1. The van der Waals surface area contributed by atoms with Crippen LogP contribution in [0.5, 0.6) is 0 Å². The number of aromatic nitrogens is 2. The number of carboxylic acid groups (broad SMARTS) is 1. The summed E-state index contributed by atoms with van der Waals surface area (Å²) in [5.74, 6) is 0.858. The lowest BCUT2D eigenvalue weighted by Crippen LogP contribution is -2.28. The minimum absolute atomic E-state index is 0.0159. The van der Waals surface area contributed by atoms with Gasteiger partial charge < -0.3 is 15.0 Å². The van der Waals surface area contributed by atoms with Crippen LogP contribution in [0.4, 0.5) is 0 Å². The molecule has 7 nitrogen and oxygen atoms in total. The quantitative estimate of drug-likeness (QED) is 0.659. The Morgan fingerprint density at radius 2 is 2.04 bits per heavy atom. The fourth-order valence-corrected chi connectivity index (χ4v) is 3.11. The van der Waals surface area contributed by atoms with Crippen molar-refractivity contribution in [2.45, 2.75) is 25.0 Å². The SMILES string of the molecule is CN(CCCC(=O)O)C(=O)CCSCc1nc2ccccc2c(=O)[nH]1. The molecular weight excluding hydrogens is 342 g/mol. The lowest BCUT2D eigenvalue weighted by Gasteiger charge is -2.16. The van der Waals surface area contributed by atoms with Crippen molar-refractivity contribution >= 4 is 34.5 Å². The number of nitrogens with zero attached hydrogens (tertiary/aromatic N) is 2. The number of aliphatic carboxylic acids is 1. The third-order valence-electron chi connectivity index (χ3n) is 3.67. The van der Waals surface area contributed by atoms with Crippen molar-refractivity contribution in [1.82, 2.24) is 14.9 Å². The van der Waals surface area contributed by atoms with E-state index in [4.69, 9.17) is 5.11 Å². The normalized spacial score (nSPS) is 10.8. The van der Waals surface area contributed by atoms with Gasteiger partial charge in [-0.2, -0.15) is 11.8 Å². The molecule has 0 spiro atoms. The van der Waals surface area contributed by atoms with Crippen molar-refractivity contribution in [1.29, 1.82) is 0 Å². The van der Waals surface area contributed by atoms with Crippen molar-refractivity contribution in [3.8, 4) is 0 Å². The predicted octanol–water partition coefficient (Wildman–Crippen LogP) is 1.87. The van der Waals surface area contributed by atoms with Crippen molar-refractivity contribution in [2.75, 3.05) is 19.3 Å². The van der Waals surface area contributed by atoms with Gasteiger partial charge >= 0.3 is 5.97 Å². The van der Waals surface area contributed by atoms with E-state index in [1.165, 1.54) is 11.8 Å². The molecule has 1 amide bonds. The van der Waals surface area contributed by atoms with Crippen LogP contribution >= 0.6 is 11.8 Å². The number of nitrogens with one attached hydrogen (secondary N) is 1. The van der Waals surface area contributed by atoms with E-state index in [0.29, 0.717) is 47.6 Å². The molecule has 0 radical (unpaired) electrons. The summed E-state index contributed by atoms with van der Waals surface area (Å²) >= 11 is 1.52. The number of carbonyl (C=O) groups excluding carboxylic acids is 1. The first kappa shape index (κ1) is 19.0. The number of carboxylic acids is 1. The van der Waals surface area contributed by atoms with Gasteiger partial charge in [-0.05, 0) is 18.6 Å². The summed E-state index contributed by atoms with van der Waals surface area (Å²) in [7, 11) is 1.68. The summed E-state index contributed by atoms with van der Waals surface area (Å²) in [6.45, 7) is 0.440. The van der Waals surface area contributed by atoms with E-state index in [-0.39, 0.29) is 17.9 Å². The fraction of sp³-hybridized carbons (Fsp3) is 0.412. The summed E-state index contributed by atoms with van der Waals surface area (Å²) in [6.07, 6.45) is 0.881. The molecule has 0 saturated carbocycles. The minimum atomic E-state index is -0.853. The van der Waals surface area contributed by atoms with E-state index in [0.717, 1.165) is 0 Å². The highest BCUT2D eigenvalue weighted by Crippen LogP contribution is 2.12. The molecule has 0 aliphatic rings. The van der Waals surface area contributed by atoms with Gasteiger partial charge in [0.05, 0.1) is 16.7 Å². The largest absolute Gasteiger partial charge is 0.481 e. The molecule has 0 fully saturated rings. The highest BCUT2D eigenvalue weighted by molar-refractivity contribution is 7.98. The van der Waals surface area contributed by atoms with Gasteiger partial charge in [-0.3, -0.25) is 14.4 Å². The molecule has 0 aliphatic heterocycles. The van der Waals surface area contributed by atoms with Crippen LogP contribution in [-0.4, -0.2) is 51.2 Å². The summed E-state index contributed by atoms with van der Waals surface area (Å²) in [6, 6.07) is 7.17. The molecule has 1 heterocycles.